The van der Waals surface area contributed by atoms with Gasteiger partial charge in [0.05, 0.1) is 5.69 Å². The Bertz CT molecular complexity index is 1050. The molecular formula is C21H20N4S. The molecule has 0 amide bonds. The maximum Gasteiger partial charge on any atom is 0.194 e. The average Bonchev–Trinajstić information content (AvgIpc) is 3.21. The van der Waals surface area contributed by atoms with E-state index >= 15 is 0 Å². The number of nitrogen functional groups attached to an aromatic ring is 1. The Morgan fingerprint density at radius 3 is 2.65 bits per heavy atom. The van der Waals surface area contributed by atoms with E-state index in [2.05, 4.69) is 45.8 Å². The number of rotatable bonds is 3. The minimum Gasteiger partial charge on any atom is -0.399 e. The molecule has 130 valence electrons. The quantitative estimate of drug-likeness (QED) is 0.557. The van der Waals surface area contributed by atoms with E-state index in [1.54, 1.807) is 0 Å². The van der Waals surface area contributed by atoms with Gasteiger partial charge in [-0.15, -0.1) is 0 Å². The number of hydrogen-bond acceptors (Lipinski definition) is 4. The summed E-state index contributed by atoms with van der Waals surface area (Å²) in [5.74, 6) is 0. The summed E-state index contributed by atoms with van der Waals surface area (Å²) >= 11 is 1.82. The van der Waals surface area contributed by atoms with Crippen molar-refractivity contribution in [3.05, 3.63) is 76.9 Å². The molecule has 1 aliphatic rings. The summed E-state index contributed by atoms with van der Waals surface area (Å²) in [6.07, 6.45) is 3.24. The molecule has 0 fully saturated rings. The molecule has 26 heavy (non-hydrogen) atoms. The Labute approximate surface area is 156 Å². The predicted molar refractivity (Wildman–Crippen MR) is 107 cm³/mol. The lowest BCUT2D eigenvalue weighted by atomic mass is 10.1. The highest BCUT2D eigenvalue weighted by Gasteiger charge is 2.22. The number of nitrogens with two attached hydrogens (primary N) is 1. The average molecular weight is 360 g/mol. The Morgan fingerprint density at radius 2 is 1.85 bits per heavy atom. The van der Waals surface area contributed by atoms with E-state index < -0.39 is 0 Å². The maximum absolute atomic E-state index is 5.79. The fraction of sp³-hybridized carbons (Fsp3) is 0.190. The molecule has 2 N–H and O–H groups in total. The molecule has 0 bridgehead atoms. The standard InChI is InChI=1S/C21H20N4S/c22-17-8-6-16(7-9-17)18-13-25-19-10-11-24(12-15-4-2-1-3-5-15)14-20(19)26-21(25)23-18/h1-9,13H,10-12,14,22H2. The number of anilines is 1. The van der Waals surface area contributed by atoms with Crippen molar-refractivity contribution in [1.29, 1.82) is 0 Å². The monoisotopic (exact) mass is 360 g/mol. The number of hydrogen-bond donors (Lipinski definition) is 1. The SMILES string of the molecule is Nc1ccc(-c2cn3c4c(sc3n2)CN(Cc2ccccc2)CC4)cc1. The first-order chi connectivity index (χ1) is 12.8. The van der Waals surface area contributed by atoms with Crippen LogP contribution in [0.4, 0.5) is 5.69 Å². The molecule has 5 heteroatoms. The molecule has 0 aliphatic carbocycles. The molecule has 1 aliphatic heterocycles. The highest BCUT2D eigenvalue weighted by molar-refractivity contribution is 7.17. The first kappa shape index (κ1) is 15.6. The van der Waals surface area contributed by atoms with Crippen LogP contribution in [0.25, 0.3) is 16.2 Å². The number of imidazole rings is 1. The summed E-state index contributed by atoms with van der Waals surface area (Å²) in [6, 6.07) is 18.6. The van der Waals surface area contributed by atoms with Crippen LogP contribution >= 0.6 is 11.3 Å². The van der Waals surface area contributed by atoms with E-state index in [4.69, 9.17) is 10.7 Å². The molecule has 0 saturated carbocycles. The van der Waals surface area contributed by atoms with Crippen molar-refractivity contribution in [2.75, 3.05) is 12.3 Å². The number of benzene rings is 2. The van der Waals surface area contributed by atoms with Gasteiger partial charge < -0.3 is 5.73 Å². The maximum atomic E-state index is 5.79. The van der Waals surface area contributed by atoms with Crippen molar-refractivity contribution < 1.29 is 0 Å². The second kappa shape index (κ2) is 6.27. The Morgan fingerprint density at radius 1 is 1.04 bits per heavy atom. The lowest BCUT2D eigenvalue weighted by Crippen LogP contribution is -2.29. The summed E-state index contributed by atoms with van der Waals surface area (Å²) in [5, 5.41) is 0. The third-order valence-electron chi connectivity index (χ3n) is 4.99. The molecule has 0 spiro atoms. The zero-order valence-electron chi connectivity index (χ0n) is 14.4. The summed E-state index contributed by atoms with van der Waals surface area (Å²) in [6.45, 7) is 3.11. The second-order valence-electron chi connectivity index (χ2n) is 6.82. The first-order valence-electron chi connectivity index (χ1n) is 8.88. The topological polar surface area (TPSA) is 46.6 Å². The minimum absolute atomic E-state index is 0.783. The number of aromatic nitrogens is 2. The van der Waals surface area contributed by atoms with Crippen LogP contribution in [0.5, 0.6) is 0 Å². The molecule has 2 aromatic heterocycles. The largest absolute Gasteiger partial charge is 0.399 e. The first-order valence-corrected chi connectivity index (χ1v) is 9.70. The van der Waals surface area contributed by atoms with E-state index in [0.29, 0.717) is 0 Å². The molecule has 2 aromatic carbocycles. The molecule has 4 aromatic rings. The Balaban J connectivity index is 1.41. The molecule has 0 saturated heterocycles. The highest BCUT2D eigenvalue weighted by atomic mass is 32.1. The normalized spacial score (nSPS) is 14.6. The van der Waals surface area contributed by atoms with E-state index in [1.165, 1.54) is 16.1 Å². The fourth-order valence-corrected chi connectivity index (χ4v) is 4.82. The van der Waals surface area contributed by atoms with E-state index in [0.717, 1.165) is 48.0 Å². The number of fused-ring (bicyclic) bond motifs is 3. The molecule has 0 radical (unpaired) electrons. The van der Waals surface area contributed by atoms with Gasteiger partial charge in [-0.3, -0.25) is 9.30 Å². The van der Waals surface area contributed by atoms with Crippen molar-refractivity contribution in [3.63, 3.8) is 0 Å². The van der Waals surface area contributed by atoms with Crippen LogP contribution in [-0.2, 0) is 19.5 Å². The zero-order valence-corrected chi connectivity index (χ0v) is 15.2. The lowest BCUT2D eigenvalue weighted by molar-refractivity contribution is 0.246. The van der Waals surface area contributed by atoms with Gasteiger partial charge in [0.25, 0.3) is 0 Å². The Kier molecular flexibility index (Phi) is 3.76. The summed E-state index contributed by atoms with van der Waals surface area (Å²) in [4.78, 5) is 9.90. The molecule has 0 atom stereocenters. The van der Waals surface area contributed by atoms with Crippen molar-refractivity contribution >= 4 is 22.0 Å². The predicted octanol–water partition coefficient (Wildman–Crippen LogP) is 4.20. The van der Waals surface area contributed by atoms with Gasteiger partial charge in [0.1, 0.15) is 0 Å². The molecule has 3 heterocycles. The van der Waals surface area contributed by atoms with Crippen LogP contribution in [0.2, 0.25) is 0 Å². The van der Waals surface area contributed by atoms with Crippen molar-refractivity contribution in [2.45, 2.75) is 19.5 Å². The van der Waals surface area contributed by atoms with Gasteiger partial charge in [-0.05, 0) is 17.7 Å². The van der Waals surface area contributed by atoms with Crippen LogP contribution in [0.3, 0.4) is 0 Å². The van der Waals surface area contributed by atoms with Crippen molar-refractivity contribution in [3.8, 4) is 11.3 Å². The summed E-state index contributed by atoms with van der Waals surface area (Å²) in [7, 11) is 0. The molecular weight excluding hydrogens is 340 g/mol. The van der Waals surface area contributed by atoms with Crippen molar-refractivity contribution in [2.24, 2.45) is 0 Å². The van der Waals surface area contributed by atoms with Crippen LogP contribution in [0, 0.1) is 0 Å². The van der Waals surface area contributed by atoms with Gasteiger partial charge in [-0.1, -0.05) is 53.8 Å². The number of thiazole rings is 1. The van der Waals surface area contributed by atoms with Crippen LogP contribution < -0.4 is 5.73 Å². The zero-order chi connectivity index (χ0) is 17.5. The van der Waals surface area contributed by atoms with E-state index in [9.17, 15) is 0 Å². The van der Waals surface area contributed by atoms with Crippen LogP contribution in [0.1, 0.15) is 16.1 Å². The Hall–Kier alpha value is -2.63. The van der Waals surface area contributed by atoms with Gasteiger partial charge in [-0.25, -0.2) is 4.98 Å². The van der Waals surface area contributed by atoms with Crippen molar-refractivity contribution in [1.82, 2.24) is 14.3 Å². The van der Waals surface area contributed by atoms with Gasteiger partial charge in [0.2, 0.25) is 0 Å². The highest BCUT2D eigenvalue weighted by Crippen LogP contribution is 2.31. The third-order valence-corrected chi connectivity index (χ3v) is 6.07. The fourth-order valence-electron chi connectivity index (χ4n) is 3.63. The number of nitrogens with zero attached hydrogens (tertiary/aromatic N) is 3. The smallest absolute Gasteiger partial charge is 0.194 e. The second-order valence-corrected chi connectivity index (χ2v) is 7.88. The van der Waals surface area contributed by atoms with E-state index in [-0.39, 0.29) is 0 Å². The summed E-state index contributed by atoms with van der Waals surface area (Å²) < 4.78 is 2.28. The summed E-state index contributed by atoms with van der Waals surface area (Å²) in [5.41, 5.74) is 11.5. The minimum atomic E-state index is 0.783. The van der Waals surface area contributed by atoms with E-state index in [1.807, 2.05) is 35.6 Å². The van der Waals surface area contributed by atoms with Crippen LogP contribution in [-0.4, -0.2) is 20.8 Å². The van der Waals surface area contributed by atoms with Gasteiger partial charge in [0, 0.05) is 54.1 Å². The molecule has 4 nitrogen and oxygen atoms in total. The van der Waals surface area contributed by atoms with Gasteiger partial charge in [0.15, 0.2) is 4.96 Å². The van der Waals surface area contributed by atoms with Gasteiger partial charge in [-0.2, -0.15) is 0 Å². The van der Waals surface area contributed by atoms with Gasteiger partial charge >= 0.3 is 0 Å². The van der Waals surface area contributed by atoms with Crippen LogP contribution in [0.15, 0.2) is 60.8 Å². The molecule has 5 rings (SSSR count). The lowest BCUT2D eigenvalue weighted by Gasteiger charge is -2.26. The third kappa shape index (κ3) is 2.79. The molecule has 0 unspecified atom stereocenters.